The molecule has 0 saturated carbocycles. The zero-order valence-corrected chi connectivity index (χ0v) is 9.77. The quantitative estimate of drug-likeness (QED) is 0.740. The van der Waals surface area contributed by atoms with Crippen LogP contribution >= 0.6 is 11.6 Å². The fourth-order valence-corrected chi connectivity index (χ4v) is 1.70. The fourth-order valence-electron chi connectivity index (χ4n) is 1.53. The predicted octanol–water partition coefficient (Wildman–Crippen LogP) is 1.08. The molecule has 0 aromatic heterocycles. The van der Waals surface area contributed by atoms with Gasteiger partial charge in [0.1, 0.15) is 0 Å². The van der Waals surface area contributed by atoms with Crippen molar-refractivity contribution in [1.82, 2.24) is 10.6 Å². The van der Waals surface area contributed by atoms with Gasteiger partial charge >= 0.3 is 0 Å². The summed E-state index contributed by atoms with van der Waals surface area (Å²) in [5.74, 6) is -0.105. The normalized spacial score (nSPS) is 15.4. The van der Waals surface area contributed by atoms with E-state index >= 15 is 0 Å². The summed E-state index contributed by atoms with van der Waals surface area (Å²) in [6.07, 6.45) is 0. The molecule has 16 heavy (non-hydrogen) atoms. The van der Waals surface area contributed by atoms with Crippen LogP contribution in [0.15, 0.2) is 18.2 Å². The number of rotatable bonds is 3. The van der Waals surface area contributed by atoms with Gasteiger partial charge in [0.25, 0.3) is 5.91 Å². The molecule has 0 spiro atoms. The lowest BCUT2D eigenvalue weighted by atomic mass is 10.1. The molecule has 1 amide bonds. The number of benzene rings is 1. The monoisotopic (exact) mass is 239 g/mol. The maximum absolute atomic E-state index is 11.5. The van der Waals surface area contributed by atoms with Crippen molar-refractivity contribution in [3.05, 3.63) is 28.8 Å². The Balaban J connectivity index is 2.17. The van der Waals surface area contributed by atoms with Gasteiger partial charge in [0.15, 0.2) is 0 Å². The number of anilines is 1. The Morgan fingerprint density at radius 3 is 2.81 bits per heavy atom. The molecule has 1 saturated heterocycles. The van der Waals surface area contributed by atoms with Crippen LogP contribution in [0.3, 0.4) is 0 Å². The van der Waals surface area contributed by atoms with E-state index in [0.717, 1.165) is 18.8 Å². The second-order valence-corrected chi connectivity index (χ2v) is 4.18. The molecule has 0 radical (unpaired) electrons. The van der Waals surface area contributed by atoms with Gasteiger partial charge in [-0.2, -0.15) is 0 Å². The summed E-state index contributed by atoms with van der Waals surface area (Å²) in [4.78, 5) is 11.5. The molecule has 1 aromatic carbocycles. The van der Waals surface area contributed by atoms with Gasteiger partial charge < -0.3 is 16.0 Å². The molecular weight excluding hydrogens is 226 g/mol. The number of halogens is 1. The summed E-state index contributed by atoms with van der Waals surface area (Å²) in [5, 5.41) is 9.68. The van der Waals surface area contributed by atoms with Crippen LogP contribution in [0.5, 0.6) is 0 Å². The Kier molecular flexibility index (Phi) is 3.31. The van der Waals surface area contributed by atoms with Crippen molar-refractivity contribution in [2.24, 2.45) is 0 Å². The van der Waals surface area contributed by atoms with Gasteiger partial charge in [0.05, 0.1) is 16.8 Å². The van der Waals surface area contributed by atoms with Crippen molar-refractivity contribution >= 4 is 23.2 Å². The molecule has 2 rings (SSSR count). The second-order valence-electron chi connectivity index (χ2n) is 3.77. The van der Waals surface area contributed by atoms with Crippen molar-refractivity contribution < 1.29 is 4.79 Å². The maximum atomic E-state index is 11.5. The van der Waals surface area contributed by atoms with Crippen molar-refractivity contribution in [2.45, 2.75) is 6.04 Å². The summed E-state index contributed by atoms with van der Waals surface area (Å²) in [6.45, 7) is 1.86. The van der Waals surface area contributed by atoms with Crippen LogP contribution in [0, 0.1) is 0 Å². The number of hydrogen-bond donors (Lipinski definition) is 3. The maximum Gasteiger partial charge on any atom is 0.251 e. The first-order chi connectivity index (χ1) is 7.70. The van der Waals surface area contributed by atoms with Crippen molar-refractivity contribution in [3.63, 3.8) is 0 Å². The third-order valence-corrected chi connectivity index (χ3v) is 2.93. The molecule has 5 heteroatoms. The zero-order valence-electron chi connectivity index (χ0n) is 9.01. The standard InChI is InChI=1S/C11H14ClN3O/c1-13-11(16)7-2-3-9(12)10(4-7)15-8-5-14-6-8/h2-4,8,14-15H,5-6H2,1H3,(H,13,16). The third kappa shape index (κ3) is 2.28. The Labute approximate surface area is 99.4 Å². The van der Waals surface area contributed by atoms with Crippen LogP contribution in [0.25, 0.3) is 0 Å². The van der Waals surface area contributed by atoms with Gasteiger partial charge in [0, 0.05) is 25.7 Å². The Bertz CT molecular complexity index is 404. The first-order valence-corrected chi connectivity index (χ1v) is 5.57. The van der Waals surface area contributed by atoms with E-state index in [2.05, 4.69) is 16.0 Å². The van der Waals surface area contributed by atoms with Gasteiger partial charge in [-0.05, 0) is 18.2 Å². The summed E-state index contributed by atoms with van der Waals surface area (Å²) in [7, 11) is 1.61. The zero-order chi connectivity index (χ0) is 11.5. The summed E-state index contributed by atoms with van der Waals surface area (Å²) < 4.78 is 0. The van der Waals surface area contributed by atoms with E-state index in [9.17, 15) is 4.79 Å². The van der Waals surface area contributed by atoms with E-state index in [1.165, 1.54) is 0 Å². The van der Waals surface area contributed by atoms with Gasteiger partial charge in [-0.25, -0.2) is 0 Å². The van der Waals surface area contributed by atoms with E-state index in [4.69, 9.17) is 11.6 Å². The second kappa shape index (κ2) is 4.72. The highest BCUT2D eigenvalue weighted by molar-refractivity contribution is 6.33. The molecule has 1 aromatic rings. The average Bonchev–Trinajstić information content (AvgIpc) is 2.24. The fraction of sp³-hybridized carbons (Fsp3) is 0.364. The lowest BCUT2D eigenvalue weighted by molar-refractivity contribution is 0.0963. The SMILES string of the molecule is CNC(=O)c1ccc(Cl)c(NC2CNC2)c1. The first-order valence-electron chi connectivity index (χ1n) is 5.19. The van der Waals surface area contributed by atoms with E-state index in [1.807, 2.05) is 0 Å². The number of carbonyl (C=O) groups excluding carboxylic acids is 1. The molecule has 3 N–H and O–H groups in total. The van der Waals surface area contributed by atoms with E-state index in [-0.39, 0.29) is 5.91 Å². The highest BCUT2D eigenvalue weighted by Crippen LogP contribution is 2.24. The van der Waals surface area contributed by atoms with Crippen molar-refractivity contribution in [3.8, 4) is 0 Å². The topological polar surface area (TPSA) is 53.2 Å². The average molecular weight is 240 g/mol. The van der Waals surface area contributed by atoms with Crippen LogP contribution in [0.2, 0.25) is 5.02 Å². The molecular formula is C11H14ClN3O. The van der Waals surface area contributed by atoms with Crippen LogP contribution in [-0.4, -0.2) is 32.1 Å². The molecule has 1 fully saturated rings. The van der Waals surface area contributed by atoms with Gasteiger partial charge in [-0.3, -0.25) is 4.79 Å². The molecule has 86 valence electrons. The molecule has 4 nitrogen and oxygen atoms in total. The smallest absolute Gasteiger partial charge is 0.251 e. The Morgan fingerprint density at radius 1 is 1.50 bits per heavy atom. The van der Waals surface area contributed by atoms with Crippen molar-refractivity contribution in [2.75, 3.05) is 25.5 Å². The Morgan fingerprint density at radius 2 is 2.25 bits per heavy atom. The molecule has 0 aliphatic carbocycles. The number of hydrogen-bond acceptors (Lipinski definition) is 3. The number of nitrogens with one attached hydrogen (secondary N) is 3. The summed E-state index contributed by atoms with van der Waals surface area (Å²) >= 11 is 6.05. The minimum absolute atomic E-state index is 0.105. The van der Waals surface area contributed by atoms with Gasteiger partial charge in [-0.1, -0.05) is 11.6 Å². The van der Waals surface area contributed by atoms with Gasteiger partial charge in [0.2, 0.25) is 0 Å². The first kappa shape index (κ1) is 11.2. The van der Waals surface area contributed by atoms with Crippen LogP contribution in [-0.2, 0) is 0 Å². The summed E-state index contributed by atoms with van der Waals surface area (Å²) in [6, 6.07) is 5.63. The summed E-state index contributed by atoms with van der Waals surface area (Å²) in [5.41, 5.74) is 1.43. The van der Waals surface area contributed by atoms with Crippen LogP contribution < -0.4 is 16.0 Å². The number of amides is 1. The van der Waals surface area contributed by atoms with Crippen LogP contribution in [0.4, 0.5) is 5.69 Å². The third-order valence-electron chi connectivity index (χ3n) is 2.60. The molecule has 1 heterocycles. The molecule has 1 aliphatic heterocycles. The molecule has 0 unspecified atom stereocenters. The number of carbonyl (C=O) groups is 1. The lowest BCUT2D eigenvalue weighted by Gasteiger charge is -2.29. The van der Waals surface area contributed by atoms with E-state index in [0.29, 0.717) is 16.6 Å². The molecule has 0 bridgehead atoms. The highest BCUT2D eigenvalue weighted by atomic mass is 35.5. The molecule has 0 atom stereocenters. The predicted molar refractivity (Wildman–Crippen MR) is 65.1 cm³/mol. The van der Waals surface area contributed by atoms with E-state index in [1.54, 1.807) is 25.2 Å². The van der Waals surface area contributed by atoms with E-state index < -0.39 is 0 Å². The largest absolute Gasteiger partial charge is 0.379 e. The van der Waals surface area contributed by atoms with Crippen LogP contribution in [0.1, 0.15) is 10.4 Å². The minimum atomic E-state index is -0.105. The Hall–Kier alpha value is -1.26. The lowest BCUT2D eigenvalue weighted by Crippen LogP contribution is -2.51. The van der Waals surface area contributed by atoms with Gasteiger partial charge in [-0.15, -0.1) is 0 Å². The van der Waals surface area contributed by atoms with Crippen molar-refractivity contribution in [1.29, 1.82) is 0 Å². The molecule has 1 aliphatic rings. The minimum Gasteiger partial charge on any atom is -0.379 e. The highest BCUT2D eigenvalue weighted by Gasteiger charge is 2.17.